The molecule has 0 aliphatic heterocycles. The number of imidazole rings is 2. The minimum Gasteiger partial charge on any atom is -0.225 e. The molecule has 12 aromatic rings. The summed E-state index contributed by atoms with van der Waals surface area (Å²) in [6.07, 6.45) is 5.40. The molecule has 0 bridgehead atoms. The number of fused-ring (bicyclic) bond motifs is 2. The molecule has 0 saturated heterocycles. The van der Waals surface area contributed by atoms with Gasteiger partial charge in [0.05, 0.1) is 25.2 Å². The highest BCUT2D eigenvalue weighted by Gasteiger charge is 2.34. The van der Waals surface area contributed by atoms with Gasteiger partial charge in [0.25, 0.3) is 11.6 Å². The van der Waals surface area contributed by atoms with E-state index in [-0.39, 0.29) is 5.92 Å². The predicted octanol–water partition coefficient (Wildman–Crippen LogP) is 24.1. The van der Waals surface area contributed by atoms with E-state index in [4.69, 9.17) is 9.60 Å². The van der Waals surface area contributed by atoms with E-state index >= 15 is 0 Å². The molecule has 1 unspecified atom stereocenters. The summed E-state index contributed by atoms with van der Waals surface area (Å²) in [4.78, 5) is 0. The van der Waals surface area contributed by atoms with Crippen molar-refractivity contribution in [1.82, 2.24) is 9.13 Å². The molecule has 4 heterocycles. The molecule has 1 atom stereocenters. The van der Waals surface area contributed by atoms with Gasteiger partial charge in [-0.3, -0.25) is 0 Å². The van der Waals surface area contributed by atoms with Gasteiger partial charge < -0.3 is 0 Å². The highest BCUT2D eigenvalue weighted by Crippen LogP contribution is 2.42. The van der Waals surface area contributed by atoms with Crippen molar-refractivity contribution in [1.29, 1.82) is 0 Å². The average molecular weight is 1380 g/mol. The molecule has 0 amide bonds. The van der Waals surface area contributed by atoms with Crippen molar-refractivity contribution in [3.63, 3.8) is 0 Å². The summed E-state index contributed by atoms with van der Waals surface area (Å²) in [6.45, 7) is 44.3. The number of rotatable bonds is 16. The van der Waals surface area contributed by atoms with Crippen LogP contribution in [0.4, 0.5) is 0 Å². The molecule has 0 spiro atoms. The summed E-state index contributed by atoms with van der Waals surface area (Å²) in [5, 5.41) is 0. The van der Waals surface area contributed by atoms with E-state index in [1.165, 1.54) is 78.3 Å². The molecular formula is C97H124N6+4. The number of pyridine rings is 2. The number of hydrogen-bond acceptors (Lipinski definition) is 0. The van der Waals surface area contributed by atoms with Gasteiger partial charge in [-0.1, -0.05) is 238 Å². The number of hydrogen-bond donors (Lipinski definition) is 0. The first-order valence-electron chi connectivity index (χ1n) is 40.9. The lowest BCUT2D eigenvalue weighted by Crippen LogP contribution is -2.32. The highest BCUT2D eigenvalue weighted by atomic mass is 15.2. The lowest BCUT2D eigenvalue weighted by atomic mass is 9.87. The van der Waals surface area contributed by atoms with E-state index < -0.39 is 30.4 Å². The summed E-state index contributed by atoms with van der Waals surface area (Å²) in [5.74, 6) is 1.16. The van der Waals surface area contributed by atoms with Crippen molar-refractivity contribution in [3.05, 3.63) is 272 Å². The quantitative estimate of drug-likeness (QED) is 0.0862. The topological polar surface area (TPSA) is 25.4 Å². The zero-order valence-corrected chi connectivity index (χ0v) is 67.3. The summed E-state index contributed by atoms with van der Waals surface area (Å²) in [6, 6.07) is 63.6. The van der Waals surface area contributed by atoms with Crippen LogP contribution in [0.25, 0.3) is 78.7 Å². The summed E-state index contributed by atoms with van der Waals surface area (Å²) in [7, 11) is 8.39. The molecule has 6 heteroatoms. The molecule has 538 valence electrons. The van der Waals surface area contributed by atoms with Crippen LogP contribution in [0.2, 0.25) is 0 Å². The minimum atomic E-state index is -2.08. The highest BCUT2D eigenvalue weighted by molar-refractivity contribution is 5.83. The van der Waals surface area contributed by atoms with Crippen LogP contribution in [0, 0.1) is 53.3 Å². The maximum absolute atomic E-state index is 9.16. The predicted molar refractivity (Wildman–Crippen MR) is 441 cm³/mol. The molecule has 6 nitrogen and oxygen atoms in total. The number of aromatic nitrogens is 6. The van der Waals surface area contributed by atoms with E-state index in [1.54, 1.807) is 12.1 Å². The van der Waals surface area contributed by atoms with E-state index in [0.29, 0.717) is 29.2 Å². The third kappa shape index (κ3) is 17.3. The first-order chi connectivity index (χ1) is 51.2. The molecule has 12 rings (SSSR count). The van der Waals surface area contributed by atoms with Crippen LogP contribution >= 0.6 is 0 Å². The van der Waals surface area contributed by atoms with E-state index in [2.05, 4.69) is 268 Å². The fraction of sp³-hybridized carbons (Fsp3) is 0.381. The second kappa shape index (κ2) is 33.6. The van der Waals surface area contributed by atoms with Gasteiger partial charge >= 0.3 is 0 Å². The van der Waals surface area contributed by atoms with Crippen LogP contribution in [-0.4, -0.2) is 9.13 Å². The van der Waals surface area contributed by atoms with Crippen LogP contribution < -0.4 is 18.3 Å². The Labute approximate surface area is 631 Å². The zero-order valence-electron chi connectivity index (χ0n) is 74.3. The largest absolute Gasteiger partial charge is 0.295 e. The first kappa shape index (κ1) is 68.4. The monoisotopic (exact) mass is 1380 g/mol. The lowest BCUT2D eigenvalue weighted by Gasteiger charge is -2.21. The maximum atomic E-state index is 9.16. The molecule has 0 aliphatic rings. The van der Waals surface area contributed by atoms with Gasteiger partial charge in [0.2, 0.25) is 11.4 Å². The van der Waals surface area contributed by atoms with Crippen molar-refractivity contribution in [2.45, 2.75) is 207 Å². The number of para-hydroxylation sites is 4. The van der Waals surface area contributed by atoms with Gasteiger partial charge in [-0.15, -0.1) is 0 Å². The standard InChI is InChI=1S/2C30H37N2.C19H26N.C18H24N/c2*1-19(2)23-17-25(20(3)4)29(26(18-23)21(5)6)32-28-16-12-11-15-27(28)31(8)30(32)24-14-10-9-13-22(24)7;1-13(2)16(5)17-8-10-19(20(6)12-17)18-9-7-14(3)11-15(18)4;1-13(2)10-16-7-9-18(19(5)12-16)17-8-6-14(3)11-15(17)4/h2*9-21H,1-8H3;7-13,16H,1-6H3;6-9,11-13H,10H2,1-5H3/q4*+1/i19D,20D,21D;;3D3,16D;. The summed E-state index contributed by atoms with van der Waals surface area (Å²) >= 11 is 0. The van der Waals surface area contributed by atoms with Crippen LogP contribution in [-0.2, 0) is 34.6 Å². The smallest absolute Gasteiger partial charge is 0.225 e. The minimum absolute atomic E-state index is 0.212. The molecular weight excluding hydrogens is 1250 g/mol. The molecule has 8 aromatic carbocycles. The molecule has 0 N–H and O–H groups in total. The Balaban J connectivity index is 0.000000173. The fourth-order valence-corrected chi connectivity index (χ4v) is 14.5. The van der Waals surface area contributed by atoms with Gasteiger partial charge in [0.1, 0.15) is 25.5 Å². The van der Waals surface area contributed by atoms with Crippen LogP contribution in [0.15, 0.2) is 194 Å². The van der Waals surface area contributed by atoms with E-state index in [0.717, 1.165) is 79.2 Å². The Hall–Kier alpha value is -9.00. The Morgan fingerprint density at radius 1 is 0.369 bits per heavy atom. The number of nitrogens with zero attached hydrogens (tertiary/aromatic N) is 6. The molecule has 103 heavy (non-hydrogen) atoms. The Bertz CT molecular complexity index is 5230. The van der Waals surface area contributed by atoms with Gasteiger partial charge in [0.15, 0.2) is 34.5 Å². The molecule has 0 aliphatic carbocycles. The van der Waals surface area contributed by atoms with Gasteiger partial charge in [-0.25, -0.2) is 18.3 Å². The molecule has 0 fully saturated rings. The van der Waals surface area contributed by atoms with Crippen molar-refractivity contribution < 1.29 is 27.9 Å². The van der Waals surface area contributed by atoms with Gasteiger partial charge in [-0.05, 0) is 195 Å². The second-order valence-corrected chi connectivity index (χ2v) is 31.2. The van der Waals surface area contributed by atoms with Gasteiger partial charge in [0, 0.05) is 66.2 Å². The normalized spacial score (nSPS) is 13.7. The SMILES string of the molecule is Cc1ccc(-c2ccc(CC(C)C)c[n+]2C)c(C)c1.Cc1ccccc1-c1n(-c2c(C(C)C)cc(C(C)C)cc2C(C)C)c2ccccc2[n+]1C.[2H]C(C)(C)c1cc(C([2H])(C)C)c(-n2c(-c3ccccc3C)[n+](C)c3ccccc32)c(C([2H])(C)C)c1.[2H]C([2H])([2H])c1ccc(-c2ccc(C([2H])(C)C(C)C)c[n+]2C)c(C)c1. The van der Waals surface area contributed by atoms with Crippen molar-refractivity contribution in [3.8, 4) is 56.7 Å². The Morgan fingerprint density at radius 2 is 0.786 bits per heavy atom. The van der Waals surface area contributed by atoms with E-state index in [9.17, 15) is 0 Å². The third-order valence-electron chi connectivity index (χ3n) is 20.6. The maximum Gasteiger partial charge on any atom is 0.295 e. The third-order valence-corrected chi connectivity index (χ3v) is 20.6. The van der Waals surface area contributed by atoms with Crippen LogP contribution in [0.3, 0.4) is 0 Å². The molecule has 0 saturated carbocycles. The first-order valence-corrected chi connectivity index (χ1v) is 37.4. The number of aryl methyl sites for hydroxylation is 10. The Kier molecular flexibility index (Phi) is 22.3. The van der Waals surface area contributed by atoms with E-state index in [1.807, 2.05) is 122 Å². The van der Waals surface area contributed by atoms with Gasteiger partial charge in [-0.2, -0.15) is 9.13 Å². The van der Waals surface area contributed by atoms with Crippen LogP contribution in [0.5, 0.6) is 0 Å². The summed E-state index contributed by atoms with van der Waals surface area (Å²) < 4.78 is 71.8. The number of benzene rings is 8. The average Bonchev–Trinajstić information content (AvgIpc) is 1.51. The van der Waals surface area contributed by atoms with Crippen molar-refractivity contribution in [2.24, 2.45) is 40.0 Å². The van der Waals surface area contributed by atoms with Crippen molar-refractivity contribution in [2.75, 3.05) is 0 Å². The molecule has 0 radical (unpaired) electrons. The summed E-state index contributed by atoms with van der Waals surface area (Å²) in [5.41, 5.74) is 29.4. The zero-order chi connectivity index (χ0) is 81.4. The van der Waals surface area contributed by atoms with Crippen molar-refractivity contribution >= 4 is 22.1 Å². The second-order valence-electron chi connectivity index (χ2n) is 31.2. The van der Waals surface area contributed by atoms with Crippen LogP contribution in [0.1, 0.15) is 247 Å². The molecule has 4 aromatic heterocycles. The fourth-order valence-electron chi connectivity index (χ4n) is 14.5. The lowest BCUT2D eigenvalue weighted by molar-refractivity contribution is -0.661. The Morgan fingerprint density at radius 3 is 1.18 bits per heavy atom.